The number of aromatic amines is 1. The lowest BCUT2D eigenvalue weighted by Gasteiger charge is -2.14. The number of nitrogens with zero attached hydrogens (tertiary/aromatic N) is 1. The Morgan fingerprint density at radius 1 is 1.33 bits per heavy atom. The largest absolute Gasteiger partial charge is 0.469 e. The molecule has 5 heteroatoms. The normalized spacial score (nSPS) is 21.4. The number of imidazole rings is 1. The minimum Gasteiger partial charge on any atom is -0.469 e. The number of nitrogens with one attached hydrogen (secondary N) is 1. The molecular formula is C16H17BrN2O2. The number of carbonyl (C=O) groups is 1. The number of methoxy groups -OCH3 is 1. The van der Waals surface area contributed by atoms with Crippen molar-refractivity contribution in [2.75, 3.05) is 7.11 Å². The molecule has 1 N–H and O–H groups in total. The number of rotatable bonds is 3. The van der Waals surface area contributed by atoms with E-state index < -0.39 is 0 Å². The third-order valence-electron chi connectivity index (χ3n) is 4.12. The molecule has 2 unspecified atom stereocenters. The molecular weight excluding hydrogens is 332 g/mol. The highest BCUT2D eigenvalue weighted by Crippen LogP contribution is 2.39. The first kappa shape index (κ1) is 14.3. The summed E-state index contributed by atoms with van der Waals surface area (Å²) in [5, 5.41) is 0. The Labute approximate surface area is 132 Å². The van der Waals surface area contributed by atoms with Crippen LogP contribution in [0.4, 0.5) is 0 Å². The third-order valence-corrected chi connectivity index (χ3v) is 4.65. The smallest absolute Gasteiger partial charge is 0.309 e. The molecule has 1 aromatic carbocycles. The van der Waals surface area contributed by atoms with E-state index in [1.807, 2.05) is 30.5 Å². The second-order valence-corrected chi connectivity index (χ2v) is 6.27. The Balaban J connectivity index is 1.84. The minimum absolute atomic E-state index is 0.0704. The van der Waals surface area contributed by atoms with Gasteiger partial charge in [0, 0.05) is 10.4 Å². The summed E-state index contributed by atoms with van der Waals surface area (Å²) in [6.45, 7) is 0. The summed E-state index contributed by atoms with van der Waals surface area (Å²) >= 11 is 3.43. The zero-order valence-electron chi connectivity index (χ0n) is 11.8. The molecule has 1 fully saturated rings. The van der Waals surface area contributed by atoms with E-state index in [-0.39, 0.29) is 17.8 Å². The fourth-order valence-electron chi connectivity index (χ4n) is 3.02. The second kappa shape index (κ2) is 6.02. The van der Waals surface area contributed by atoms with E-state index in [0.717, 1.165) is 40.8 Å². The van der Waals surface area contributed by atoms with Gasteiger partial charge in [0.1, 0.15) is 5.82 Å². The number of ether oxygens (including phenoxy) is 1. The van der Waals surface area contributed by atoms with Crippen molar-refractivity contribution in [1.29, 1.82) is 0 Å². The molecule has 1 heterocycles. The van der Waals surface area contributed by atoms with E-state index in [2.05, 4.69) is 25.9 Å². The molecule has 21 heavy (non-hydrogen) atoms. The van der Waals surface area contributed by atoms with Crippen LogP contribution in [0.3, 0.4) is 0 Å². The van der Waals surface area contributed by atoms with Gasteiger partial charge in [-0.25, -0.2) is 4.98 Å². The van der Waals surface area contributed by atoms with E-state index in [1.165, 1.54) is 7.11 Å². The van der Waals surface area contributed by atoms with Gasteiger partial charge in [0.25, 0.3) is 0 Å². The van der Waals surface area contributed by atoms with Crippen LogP contribution < -0.4 is 0 Å². The van der Waals surface area contributed by atoms with E-state index in [9.17, 15) is 4.79 Å². The number of H-pyrrole nitrogens is 1. The number of carbonyl (C=O) groups excluding carboxylic acids is 1. The van der Waals surface area contributed by atoms with Gasteiger partial charge < -0.3 is 9.72 Å². The molecule has 1 aliphatic carbocycles. The maximum atomic E-state index is 11.8. The van der Waals surface area contributed by atoms with Gasteiger partial charge in [-0.2, -0.15) is 0 Å². The van der Waals surface area contributed by atoms with Crippen LogP contribution in [0.2, 0.25) is 0 Å². The molecule has 1 aromatic heterocycles. The van der Waals surface area contributed by atoms with Gasteiger partial charge in [0.05, 0.1) is 24.9 Å². The zero-order valence-corrected chi connectivity index (χ0v) is 13.4. The molecule has 1 aliphatic rings. The first-order valence-corrected chi connectivity index (χ1v) is 7.87. The summed E-state index contributed by atoms with van der Waals surface area (Å²) in [6.07, 6.45) is 4.74. The van der Waals surface area contributed by atoms with Crippen molar-refractivity contribution in [3.8, 4) is 11.3 Å². The van der Waals surface area contributed by atoms with Crippen molar-refractivity contribution in [1.82, 2.24) is 9.97 Å². The molecule has 0 radical (unpaired) electrons. The average molecular weight is 349 g/mol. The maximum Gasteiger partial charge on any atom is 0.309 e. The predicted molar refractivity (Wildman–Crippen MR) is 83.8 cm³/mol. The summed E-state index contributed by atoms with van der Waals surface area (Å²) in [4.78, 5) is 19.7. The Hall–Kier alpha value is -1.62. The minimum atomic E-state index is -0.126. The van der Waals surface area contributed by atoms with E-state index in [0.29, 0.717) is 0 Å². The van der Waals surface area contributed by atoms with Gasteiger partial charge in [-0.15, -0.1) is 0 Å². The van der Waals surface area contributed by atoms with Crippen LogP contribution in [-0.2, 0) is 9.53 Å². The molecule has 110 valence electrons. The predicted octanol–water partition coefficient (Wildman–Crippen LogP) is 3.90. The SMILES string of the molecule is COC(=O)C1CCCC1c1ncc(-c2ccc(Br)cc2)[nH]1. The van der Waals surface area contributed by atoms with Gasteiger partial charge in [0.2, 0.25) is 0 Å². The molecule has 4 nitrogen and oxygen atoms in total. The standard InChI is InChI=1S/C16H17BrN2O2/c1-21-16(20)13-4-2-3-12(13)15-18-9-14(19-15)10-5-7-11(17)8-6-10/h5-9,12-13H,2-4H2,1H3,(H,18,19). The average Bonchev–Trinajstić information content (AvgIpc) is 3.15. The van der Waals surface area contributed by atoms with Crippen LogP contribution in [0.15, 0.2) is 34.9 Å². The lowest BCUT2D eigenvalue weighted by molar-refractivity contribution is -0.145. The zero-order chi connectivity index (χ0) is 14.8. The van der Waals surface area contributed by atoms with Crippen LogP contribution in [0.5, 0.6) is 0 Å². The number of hydrogen-bond donors (Lipinski definition) is 1. The Bertz CT molecular complexity index is 636. The van der Waals surface area contributed by atoms with E-state index in [1.54, 1.807) is 0 Å². The van der Waals surface area contributed by atoms with Crippen LogP contribution >= 0.6 is 15.9 Å². The summed E-state index contributed by atoms with van der Waals surface area (Å²) in [7, 11) is 1.45. The molecule has 2 atom stereocenters. The van der Waals surface area contributed by atoms with Gasteiger partial charge in [-0.1, -0.05) is 34.5 Å². The highest BCUT2D eigenvalue weighted by molar-refractivity contribution is 9.10. The first-order valence-electron chi connectivity index (χ1n) is 7.07. The lowest BCUT2D eigenvalue weighted by atomic mass is 9.95. The quantitative estimate of drug-likeness (QED) is 0.856. The summed E-state index contributed by atoms with van der Waals surface area (Å²) in [5.74, 6) is 0.834. The van der Waals surface area contributed by atoms with Crippen molar-refractivity contribution in [3.05, 3.63) is 40.8 Å². The van der Waals surface area contributed by atoms with Crippen molar-refractivity contribution >= 4 is 21.9 Å². The van der Waals surface area contributed by atoms with Gasteiger partial charge in [-0.05, 0) is 30.5 Å². The summed E-state index contributed by atoms with van der Waals surface area (Å²) in [5.41, 5.74) is 2.07. The monoisotopic (exact) mass is 348 g/mol. The van der Waals surface area contributed by atoms with Gasteiger partial charge in [-0.3, -0.25) is 4.79 Å². The number of esters is 1. The van der Waals surface area contributed by atoms with Gasteiger partial charge >= 0.3 is 5.97 Å². The highest BCUT2D eigenvalue weighted by atomic mass is 79.9. The van der Waals surface area contributed by atoms with E-state index in [4.69, 9.17) is 4.74 Å². The van der Waals surface area contributed by atoms with Crippen molar-refractivity contribution in [2.24, 2.45) is 5.92 Å². The molecule has 2 aromatic rings. The molecule has 0 saturated heterocycles. The maximum absolute atomic E-state index is 11.8. The summed E-state index contributed by atoms with van der Waals surface area (Å²) in [6, 6.07) is 8.08. The van der Waals surface area contributed by atoms with Crippen LogP contribution in [0.1, 0.15) is 31.0 Å². The molecule has 0 amide bonds. The topological polar surface area (TPSA) is 55.0 Å². The lowest BCUT2D eigenvalue weighted by Crippen LogP contribution is -2.19. The van der Waals surface area contributed by atoms with Crippen molar-refractivity contribution in [3.63, 3.8) is 0 Å². The fourth-order valence-corrected chi connectivity index (χ4v) is 3.29. The Morgan fingerprint density at radius 2 is 2.10 bits per heavy atom. The van der Waals surface area contributed by atoms with Crippen molar-refractivity contribution < 1.29 is 9.53 Å². The van der Waals surface area contributed by atoms with Crippen LogP contribution in [-0.4, -0.2) is 23.0 Å². The number of benzene rings is 1. The molecule has 0 bridgehead atoms. The highest BCUT2D eigenvalue weighted by Gasteiger charge is 2.36. The second-order valence-electron chi connectivity index (χ2n) is 5.36. The Kier molecular flexibility index (Phi) is 4.10. The Morgan fingerprint density at radius 3 is 2.81 bits per heavy atom. The first-order chi connectivity index (χ1) is 10.2. The number of hydrogen-bond acceptors (Lipinski definition) is 3. The van der Waals surface area contributed by atoms with Crippen LogP contribution in [0.25, 0.3) is 11.3 Å². The van der Waals surface area contributed by atoms with E-state index >= 15 is 0 Å². The third kappa shape index (κ3) is 2.88. The molecule has 3 rings (SSSR count). The van der Waals surface area contributed by atoms with Crippen LogP contribution in [0, 0.1) is 5.92 Å². The fraction of sp³-hybridized carbons (Fsp3) is 0.375. The number of halogens is 1. The molecule has 0 aliphatic heterocycles. The summed E-state index contributed by atoms with van der Waals surface area (Å²) < 4.78 is 5.95. The number of aromatic nitrogens is 2. The molecule has 0 spiro atoms. The van der Waals surface area contributed by atoms with Crippen molar-refractivity contribution in [2.45, 2.75) is 25.2 Å². The van der Waals surface area contributed by atoms with Gasteiger partial charge in [0.15, 0.2) is 0 Å². The molecule has 1 saturated carbocycles.